The summed E-state index contributed by atoms with van der Waals surface area (Å²) in [6, 6.07) is 109. The fourth-order valence-corrected chi connectivity index (χ4v) is 11.2. The zero-order valence-corrected chi connectivity index (χ0v) is 39.7. The molecule has 0 radical (unpaired) electrons. The molecule has 1 aliphatic rings. The standard InChI is InChI=1S/C71H49N/c1-4-16-50(17-5-1)59-22-15-27-66(48-59)72(64-41-36-53(37-42-64)52-30-32-54(33-31-52)57-20-14-21-58(46-57)60-35-34-51-18-10-11-19-56(51)47-60)65-43-38-55(39-44-65)61-40-45-68-67-28-12-13-29-69(67)71(70(68)49-61,62-23-6-2-7-24-62)63-25-8-3-9-26-63/h1-49H. The normalized spacial score (nSPS) is 12.3. The van der Waals surface area contributed by atoms with E-state index in [0.717, 1.165) is 17.1 Å². The molecule has 0 heterocycles. The molecule has 12 aromatic rings. The third-order valence-corrected chi connectivity index (χ3v) is 14.8. The lowest BCUT2D eigenvalue weighted by Crippen LogP contribution is -2.28. The Morgan fingerprint density at radius 2 is 0.611 bits per heavy atom. The molecule has 338 valence electrons. The van der Waals surface area contributed by atoms with Crippen LogP contribution in [0.5, 0.6) is 0 Å². The van der Waals surface area contributed by atoms with Crippen molar-refractivity contribution in [1.29, 1.82) is 0 Å². The summed E-state index contributed by atoms with van der Waals surface area (Å²) in [5.41, 5.74) is 22.5. The molecular formula is C71H49N. The lowest BCUT2D eigenvalue weighted by Gasteiger charge is -2.34. The van der Waals surface area contributed by atoms with Crippen LogP contribution in [0.3, 0.4) is 0 Å². The predicted octanol–water partition coefficient (Wildman–Crippen LogP) is 19.0. The highest BCUT2D eigenvalue weighted by molar-refractivity contribution is 5.90. The van der Waals surface area contributed by atoms with Crippen LogP contribution in [0.1, 0.15) is 22.3 Å². The zero-order chi connectivity index (χ0) is 47.8. The minimum Gasteiger partial charge on any atom is -0.310 e. The van der Waals surface area contributed by atoms with E-state index in [9.17, 15) is 0 Å². The molecule has 1 nitrogen and oxygen atoms in total. The Kier molecular flexibility index (Phi) is 10.8. The molecule has 0 unspecified atom stereocenters. The average Bonchev–Trinajstić information content (AvgIpc) is 3.77. The fraction of sp³-hybridized carbons (Fsp3) is 0.0141. The van der Waals surface area contributed by atoms with E-state index in [2.05, 4.69) is 302 Å². The minimum absolute atomic E-state index is 0.454. The first-order valence-electron chi connectivity index (χ1n) is 24.9. The summed E-state index contributed by atoms with van der Waals surface area (Å²) >= 11 is 0. The number of anilines is 3. The summed E-state index contributed by atoms with van der Waals surface area (Å²) in [5, 5.41) is 2.51. The number of fused-ring (bicyclic) bond motifs is 4. The molecule has 0 saturated heterocycles. The van der Waals surface area contributed by atoms with Gasteiger partial charge in [-0.05, 0) is 154 Å². The smallest absolute Gasteiger partial charge is 0.0713 e. The summed E-state index contributed by atoms with van der Waals surface area (Å²) in [5.74, 6) is 0. The third kappa shape index (κ3) is 7.60. The molecule has 12 aromatic carbocycles. The minimum atomic E-state index is -0.454. The van der Waals surface area contributed by atoms with Crippen LogP contribution >= 0.6 is 0 Å². The molecule has 0 N–H and O–H groups in total. The Labute approximate surface area is 422 Å². The summed E-state index contributed by atoms with van der Waals surface area (Å²) in [7, 11) is 0. The van der Waals surface area contributed by atoms with Gasteiger partial charge in [-0.25, -0.2) is 0 Å². The van der Waals surface area contributed by atoms with E-state index in [-0.39, 0.29) is 0 Å². The zero-order valence-electron chi connectivity index (χ0n) is 39.7. The van der Waals surface area contributed by atoms with Crippen molar-refractivity contribution in [2.75, 3.05) is 4.90 Å². The van der Waals surface area contributed by atoms with Crippen LogP contribution in [0.2, 0.25) is 0 Å². The van der Waals surface area contributed by atoms with Gasteiger partial charge < -0.3 is 4.90 Å². The second-order valence-corrected chi connectivity index (χ2v) is 18.9. The molecule has 0 spiro atoms. The average molecular weight is 916 g/mol. The first-order chi connectivity index (χ1) is 35.7. The van der Waals surface area contributed by atoms with Gasteiger partial charge in [0.25, 0.3) is 0 Å². The first-order valence-corrected chi connectivity index (χ1v) is 24.9. The Hall–Kier alpha value is -9.30. The van der Waals surface area contributed by atoms with Crippen LogP contribution in [0.4, 0.5) is 17.1 Å². The summed E-state index contributed by atoms with van der Waals surface area (Å²) in [6.45, 7) is 0. The monoisotopic (exact) mass is 915 g/mol. The highest BCUT2D eigenvalue weighted by atomic mass is 15.1. The number of hydrogen-bond acceptors (Lipinski definition) is 1. The van der Waals surface area contributed by atoms with Crippen molar-refractivity contribution in [3.63, 3.8) is 0 Å². The fourth-order valence-electron chi connectivity index (χ4n) is 11.2. The SMILES string of the molecule is c1ccc(-c2cccc(N(c3ccc(-c4ccc(-c5cccc(-c6ccc7ccccc7c6)c5)cc4)cc3)c3ccc(-c4ccc5c(c4)C(c4ccccc4)(c4ccccc4)c4ccccc4-5)cc3)c2)cc1. The largest absolute Gasteiger partial charge is 0.310 e. The second-order valence-electron chi connectivity index (χ2n) is 18.9. The van der Waals surface area contributed by atoms with Gasteiger partial charge in [-0.1, -0.05) is 243 Å². The summed E-state index contributed by atoms with van der Waals surface area (Å²) in [6.07, 6.45) is 0. The van der Waals surface area contributed by atoms with Crippen LogP contribution in [0, 0.1) is 0 Å². The van der Waals surface area contributed by atoms with Gasteiger partial charge in [0.2, 0.25) is 0 Å². The van der Waals surface area contributed by atoms with Gasteiger partial charge in [-0.2, -0.15) is 0 Å². The van der Waals surface area contributed by atoms with Gasteiger partial charge in [-0.15, -0.1) is 0 Å². The molecule has 0 amide bonds. The van der Waals surface area contributed by atoms with E-state index in [1.54, 1.807) is 0 Å². The van der Waals surface area contributed by atoms with Crippen LogP contribution in [-0.2, 0) is 5.41 Å². The van der Waals surface area contributed by atoms with Crippen molar-refractivity contribution in [3.8, 4) is 66.8 Å². The van der Waals surface area contributed by atoms with E-state index >= 15 is 0 Å². The van der Waals surface area contributed by atoms with Crippen LogP contribution in [0.25, 0.3) is 77.5 Å². The van der Waals surface area contributed by atoms with Crippen molar-refractivity contribution < 1.29 is 0 Å². The molecule has 0 aromatic heterocycles. The van der Waals surface area contributed by atoms with Gasteiger partial charge in [0.15, 0.2) is 0 Å². The van der Waals surface area contributed by atoms with E-state index in [4.69, 9.17) is 0 Å². The molecule has 0 bridgehead atoms. The molecule has 72 heavy (non-hydrogen) atoms. The van der Waals surface area contributed by atoms with E-state index in [1.807, 2.05) is 0 Å². The molecular weight excluding hydrogens is 867 g/mol. The van der Waals surface area contributed by atoms with Gasteiger partial charge >= 0.3 is 0 Å². The lowest BCUT2D eigenvalue weighted by molar-refractivity contribution is 0.769. The van der Waals surface area contributed by atoms with E-state index in [0.29, 0.717) is 0 Å². The van der Waals surface area contributed by atoms with Gasteiger partial charge in [0, 0.05) is 17.1 Å². The third-order valence-electron chi connectivity index (χ3n) is 14.8. The molecule has 13 rings (SSSR count). The van der Waals surface area contributed by atoms with Crippen LogP contribution in [0.15, 0.2) is 297 Å². The van der Waals surface area contributed by atoms with Crippen molar-refractivity contribution >= 4 is 27.8 Å². The summed E-state index contributed by atoms with van der Waals surface area (Å²) in [4.78, 5) is 2.38. The Morgan fingerprint density at radius 3 is 1.25 bits per heavy atom. The molecule has 0 saturated carbocycles. The maximum atomic E-state index is 2.44. The highest BCUT2D eigenvalue weighted by Gasteiger charge is 2.46. The number of rotatable bonds is 10. The van der Waals surface area contributed by atoms with Crippen molar-refractivity contribution in [2.45, 2.75) is 5.41 Å². The van der Waals surface area contributed by atoms with Crippen molar-refractivity contribution in [1.82, 2.24) is 0 Å². The van der Waals surface area contributed by atoms with Gasteiger partial charge in [0.1, 0.15) is 0 Å². The maximum absolute atomic E-state index is 2.44. The molecule has 1 aliphatic carbocycles. The van der Waals surface area contributed by atoms with E-state index < -0.39 is 5.41 Å². The highest BCUT2D eigenvalue weighted by Crippen LogP contribution is 2.56. The number of hydrogen-bond donors (Lipinski definition) is 0. The molecule has 0 aliphatic heterocycles. The Bertz CT molecular complexity index is 3840. The Morgan fingerprint density at radius 1 is 0.208 bits per heavy atom. The van der Waals surface area contributed by atoms with E-state index in [1.165, 1.54) is 99.8 Å². The van der Waals surface area contributed by atoms with Gasteiger partial charge in [-0.3, -0.25) is 0 Å². The molecule has 0 fully saturated rings. The predicted molar refractivity (Wildman–Crippen MR) is 303 cm³/mol. The van der Waals surface area contributed by atoms with Crippen molar-refractivity contribution in [3.05, 3.63) is 320 Å². The lowest BCUT2D eigenvalue weighted by atomic mass is 9.67. The quantitative estimate of drug-likeness (QED) is 0.132. The van der Waals surface area contributed by atoms with Gasteiger partial charge in [0.05, 0.1) is 5.41 Å². The van der Waals surface area contributed by atoms with Crippen LogP contribution < -0.4 is 4.90 Å². The first kappa shape index (κ1) is 42.8. The number of benzene rings is 12. The topological polar surface area (TPSA) is 3.24 Å². The molecule has 0 atom stereocenters. The van der Waals surface area contributed by atoms with Crippen molar-refractivity contribution in [2.24, 2.45) is 0 Å². The summed E-state index contributed by atoms with van der Waals surface area (Å²) < 4.78 is 0. The number of nitrogens with zero attached hydrogens (tertiary/aromatic N) is 1. The Balaban J connectivity index is 0.841. The maximum Gasteiger partial charge on any atom is 0.0713 e. The molecule has 1 heteroatoms. The van der Waals surface area contributed by atoms with Crippen LogP contribution in [-0.4, -0.2) is 0 Å². The second kappa shape index (κ2) is 18.2.